The Hall–Kier alpha value is -1.62. The second-order valence-electron chi connectivity index (χ2n) is 3.97. The number of carbonyl (C=O) groups excluding carboxylic acids is 1. The maximum Gasteiger partial charge on any atom is 0.223 e. The molecule has 0 radical (unpaired) electrons. The van der Waals surface area contributed by atoms with Crippen molar-refractivity contribution < 1.29 is 13.9 Å². The molecule has 0 saturated carbocycles. The van der Waals surface area contributed by atoms with Crippen LogP contribution >= 0.6 is 0 Å². The molecule has 1 aromatic carbocycles. The standard InChI is InChI=1S/C13H19FN2O2/c1-15-7-6-13(17)16(2)8-9-18-12-5-3-4-11(14)10-12/h3-5,10,15H,6-9H2,1-2H3. The molecule has 0 unspecified atom stereocenters. The highest BCUT2D eigenvalue weighted by molar-refractivity contribution is 5.76. The number of halogens is 1. The van der Waals surface area contributed by atoms with E-state index >= 15 is 0 Å². The van der Waals surface area contributed by atoms with Crippen molar-refractivity contribution in [2.24, 2.45) is 0 Å². The summed E-state index contributed by atoms with van der Waals surface area (Å²) in [5.41, 5.74) is 0. The van der Waals surface area contributed by atoms with Crippen molar-refractivity contribution in [1.82, 2.24) is 10.2 Å². The van der Waals surface area contributed by atoms with E-state index in [1.54, 1.807) is 31.1 Å². The SMILES string of the molecule is CNCCC(=O)N(C)CCOc1cccc(F)c1. The number of amides is 1. The van der Waals surface area contributed by atoms with Gasteiger partial charge in [0.25, 0.3) is 0 Å². The van der Waals surface area contributed by atoms with E-state index in [0.717, 1.165) is 0 Å². The van der Waals surface area contributed by atoms with Crippen molar-refractivity contribution in [2.75, 3.05) is 33.8 Å². The van der Waals surface area contributed by atoms with Crippen LogP contribution in [0.3, 0.4) is 0 Å². The van der Waals surface area contributed by atoms with Gasteiger partial charge in [0.05, 0.1) is 6.54 Å². The lowest BCUT2D eigenvalue weighted by molar-refractivity contribution is -0.130. The smallest absolute Gasteiger partial charge is 0.223 e. The Morgan fingerprint density at radius 2 is 2.28 bits per heavy atom. The molecule has 100 valence electrons. The molecular weight excluding hydrogens is 235 g/mol. The van der Waals surface area contributed by atoms with Gasteiger partial charge in [-0.3, -0.25) is 4.79 Å². The zero-order valence-electron chi connectivity index (χ0n) is 10.8. The predicted molar refractivity (Wildman–Crippen MR) is 68.1 cm³/mol. The number of ether oxygens (including phenoxy) is 1. The van der Waals surface area contributed by atoms with Crippen LogP contribution in [0.15, 0.2) is 24.3 Å². The van der Waals surface area contributed by atoms with Crippen LogP contribution < -0.4 is 10.1 Å². The summed E-state index contributed by atoms with van der Waals surface area (Å²) in [7, 11) is 3.53. The molecule has 0 atom stereocenters. The molecule has 0 saturated heterocycles. The third kappa shape index (κ3) is 5.14. The second-order valence-corrected chi connectivity index (χ2v) is 3.97. The number of nitrogens with one attached hydrogen (secondary N) is 1. The monoisotopic (exact) mass is 254 g/mol. The molecule has 0 spiro atoms. The maximum atomic E-state index is 12.9. The first-order chi connectivity index (χ1) is 8.63. The molecule has 0 bridgehead atoms. The highest BCUT2D eigenvalue weighted by atomic mass is 19.1. The molecule has 5 heteroatoms. The van der Waals surface area contributed by atoms with Crippen molar-refractivity contribution >= 4 is 5.91 Å². The number of hydrogen-bond donors (Lipinski definition) is 1. The van der Waals surface area contributed by atoms with E-state index < -0.39 is 0 Å². The van der Waals surface area contributed by atoms with Gasteiger partial charge in [0.15, 0.2) is 0 Å². The zero-order valence-corrected chi connectivity index (χ0v) is 10.8. The summed E-state index contributed by atoms with van der Waals surface area (Å²) in [5, 5.41) is 2.92. The molecule has 1 N–H and O–H groups in total. The lowest BCUT2D eigenvalue weighted by atomic mass is 10.3. The number of nitrogens with zero attached hydrogens (tertiary/aromatic N) is 1. The molecule has 0 aliphatic rings. The van der Waals surface area contributed by atoms with Crippen LogP contribution in [0.25, 0.3) is 0 Å². The van der Waals surface area contributed by atoms with Gasteiger partial charge in [-0.2, -0.15) is 0 Å². The summed E-state index contributed by atoms with van der Waals surface area (Å²) in [6.07, 6.45) is 0.465. The quantitative estimate of drug-likeness (QED) is 0.797. The van der Waals surface area contributed by atoms with Crippen molar-refractivity contribution in [1.29, 1.82) is 0 Å². The van der Waals surface area contributed by atoms with Crippen LogP contribution in [0, 0.1) is 5.82 Å². The lowest BCUT2D eigenvalue weighted by Crippen LogP contribution is -2.32. The van der Waals surface area contributed by atoms with Crippen LogP contribution in [0.1, 0.15) is 6.42 Å². The summed E-state index contributed by atoms with van der Waals surface area (Å²) in [6.45, 7) is 1.50. The number of rotatable bonds is 7. The fraction of sp³-hybridized carbons (Fsp3) is 0.462. The van der Waals surface area contributed by atoms with Crippen LogP contribution in [-0.2, 0) is 4.79 Å². The Bertz CT molecular complexity index is 385. The van der Waals surface area contributed by atoms with E-state index in [1.807, 2.05) is 0 Å². The summed E-state index contributed by atoms with van der Waals surface area (Å²) < 4.78 is 18.2. The van der Waals surface area contributed by atoms with Gasteiger partial charge in [0.1, 0.15) is 18.2 Å². The van der Waals surface area contributed by atoms with Gasteiger partial charge in [-0.1, -0.05) is 6.07 Å². The normalized spacial score (nSPS) is 10.2. The molecule has 0 fully saturated rings. The maximum absolute atomic E-state index is 12.9. The van der Waals surface area contributed by atoms with Gasteiger partial charge in [0.2, 0.25) is 5.91 Å². The summed E-state index contributed by atoms with van der Waals surface area (Å²) in [5.74, 6) is 0.212. The van der Waals surface area contributed by atoms with Gasteiger partial charge in [-0.25, -0.2) is 4.39 Å². The molecule has 0 aromatic heterocycles. The second kappa shape index (κ2) is 7.66. The summed E-state index contributed by atoms with van der Waals surface area (Å²) >= 11 is 0. The lowest BCUT2D eigenvalue weighted by Gasteiger charge is -2.17. The Kier molecular flexibility index (Phi) is 6.14. The number of likely N-dealkylation sites (N-methyl/N-ethyl adjacent to an activating group) is 1. The van der Waals surface area contributed by atoms with Crippen molar-refractivity contribution in [3.63, 3.8) is 0 Å². The average molecular weight is 254 g/mol. The molecule has 1 amide bonds. The minimum atomic E-state index is -0.328. The molecule has 4 nitrogen and oxygen atoms in total. The van der Waals surface area contributed by atoms with Crippen LogP contribution in [-0.4, -0.2) is 44.6 Å². The molecule has 0 aliphatic heterocycles. The molecular formula is C13H19FN2O2. The fourth-order valence-corrected chi connectivity index (χ4v) is 1.40. The summed E-state index contributed by atoms with van der Waals surface area (Å²) in [4.78, 5) is 13.2. The van der Waals surface area contributed by atoms with E-state index in [2.05, 4.69) is 5.32 Å². The fourth-order valence-electron chi connectivity index (χ4n) is 1.40. The van der Waals surface area contributed by atoms with Gasteiger partial charge in [0, 0.05) is 26.1 Å². The van der Waals surface area contributed by atoms with Crippen LogP contribution in [0.4, 0.5) is 4.39 Å². The Balaban J connectivity index is 2.26. The minimum Gasteiger partial charge on any atom is -0.492 e. The first-order valence-corrected chi connectivity index (χ1v) is 5.90. The highest BCUT2D eigenvalue weighted by Gasteiger charge is 2.07. The topological polar surface area (TPSA) is 41.6 Å². The molecule has 18 heavy (non-hydrogen) atoms. The van der Waals surface area contributed by atoms with E-state index in [-0.39, 0.29) is 11.7 Å². The summed E-state index contributed by atoms with van der Waals surface area (Å²) in [6, 6.07) is 5.96. The first kappa shape index (κ1) is 14.4. The highest BCUT2D eigenvalue weighted by Crippen LogP contribution is 2.11. The number of carbonyl (C=O) groups is 1. The van der Waals surface area contributed by atoms with Crippen LogP contribution in [0.5, 0.6) is 5.75 Å². The Morgan fingerprint density at radius 3 is 2.94 bits per heavy atom. The van der Waals surface area contributed by atoms with Crippen molar-refractivity contribution in [2.45, 2.75) is 6.42 Å². The third-order valence-corrected chi connectivity index (χ3v) is 2.51. The van der Waals surface area contributed by atoms with E-state index in [1.165, 1.54) is 12.1 Å². The first-order valence-electron chi connectivity index (χ1n) is 5.90. The number of hydrogen-bond acceptors (Lipinski definition) is 3. The molecule has 0 heterocycles. The van der Waals surface area contributed by atoms with Gasteiger partial charge >= 0.3 is 0 Å². The van der Waals surface area contributed by atoms with Crippen molar-refractivity contribution in [3.05, 3.63) is 30.1 Å². The number of benzene rings is 1. The predicted octanol–water partition coefficient (Wildman–Crippen LogP) is 1.27. The minimum absolute atomic E-state index is 0.0622. The van der Waals surface area contributed by atoms with Crippen LogP contribution in [0.2, 0.25) is 0 Å². The molecule has 1 aromatic rings. The van der Waals surface area contributed by atoms with E-state index in [0.29, 0.717) is 31.9 Å². The van der Waals surface area contributed by atoms with Crippen molar-refractivity contribution in [3.8, 4) is 5.75 Å². The van der Waals surface area contributed by atoms with Gasteiger partial charge in [-0.05, 0) is 19.2 Å². The zero-order chi connectivity index (χ0) is 13.4. The van der Waals surface area contributed by atoms with Gasteiger partial charge in [-0.15, -0.1) is 0 Å². The largest absolute Gasteiger partial charge is 0.492 e. The Morgan fingerprint density at radius 1 is 1.50 bits per heavy atom. The molecule has 0 aliphatic carbocycles. The van der Waals surface area contributed by atoms with E-state index in [4.69, 9.17) is 4.74 Å². The Labute approximate surface area is 107 Å². The third-order valence-electron chi connectivity index (χ3n) is 2.51. The molecule has 1 rings (SSSR count). The van der Waals surface area contributed by atoms with E-state index in [9.17, 15) is 9.18 Å². The average Bonchev–Trinajstić information content (AvgIpc) is 2.35. The van der Waals surface area contributed by atoms with Gasteiger partial charge < -0.3 is 15.0 Å².